The van der Waals surface area contributed by atoms with Crippen LogP contribution in [0.4, 0.5) is 5.69 Å². The SMILES string of the molecule is O=C(O)c1ccccc1SC[C@H]1C[C@@H](c2ccc(CO)cc2)O[C@@H](c2ccc(NS(=O)(=O)c3ccccc3)cc2)O1. The van der Waals surface area contributed by atoms with Crippen molar-refractivity contribution >= 4 is 33.4 Å². The van der Waals surface area contributed by atoms with Crippen molar-refractivity contribution in [2.45, 2.75) is 41.3 Å². The van der Waals surface area contributed by atoms with Crippen molar-refractivity contribution < 1.29 is 32.9 Å². The molecule has 0 aliphatic carbocycles. The number of aliphatic hydroxyl groups is 1. The molecule has 3 N–H and O–H groups in total. The Morgan fingerprint density at radius 1 is 0.854 bits per heavy atom. The van der Waals surface area contributed by atoms with Crippen LogP contribution in [-0.2, 0) is 26.1 Å². The zero-order valence-corrected chi connectivity index (χ0v) is 23.6. The van der Waals surface area contributed by atoms with Gasteiger partial charge in [-0.3, -0.25) is 4.72 Å². The summed E-state index contributed by atoms with van der Waals surface area (Å²) in [5.41, 5.74) is 3.09. The van der Waals surface area contributed by atoms with Crippen molar-refractivity contribution in [3.05, 3.63) is 125 Å². The average molecular weight is 592 g/mol. The summed E-state index contributed by atoms with van der Waals surface area (Å²) >= 11 is 1.42. The van der Waals surface area contributed by atoms with Crippen LogP contribution >= 0.6 is 11.8 Å². The quantitative estimate of drug-likeness (QED) is 0.192. The maximum atomic E-state index is 12.7. The fourth-order valence-corrected chi connectivity index (χ4v) is 6.64. The molecule has 1 aliphatic rings. The molecule has 0 spiro atoms. The zero-order chi connectivity index (χ0) is 28.8. The number of thioether (sulfide) groups is 1. The molecule has 10 heteroatoms. The number of carboxylic acid groups (broad SMARTS) is 1. The molecule has 1 fully saturated rings. The number of sulfonamides is 1. The molecule has 0 aromatic heterocycles. The van der Waals surface area contributed by atoms with Crippen LogP contribution in [0.3, 0.4) is 0 Å². The van der Waals surface area contributed by atoms with E-state index in [2.05, 4.69) is 4.72 Å². The smallest absolute Gasteiger partial charge is 0.336 e. The van der Waals surface area contributed by atoms with Gasteiger partial charge in [0.15, 0.2) is 6.29 Å². The third-order valence-corrected chi connectivity index (χ3v) is 9.25. The molecule has 41 heavy (non-hydrogen) atoms. The summed E-state index contributed by atoms with van der Waals surface area (Å²) in [6.45, 7) is -0.0554. The van der Waals surface area contributed by atoms with Gasteiger partial charge in [0, 0.05) is 28.3 Å². The summed E-state index contributed by atoms with van der Waals surface area (Å²) in [6, 6.07) is 29.4. The number of nitrogens with one attached hydrogen (secondary N) is 1. The van der Waals surface area contributed by atoms with Crippen molar-refractivity contribution in [3.63, 3.8) is 0 Å². The van der Waals surface area contributed by atoms with E-state index >= 15 is 0 Å². The van der Waals surface area contributed by atoms with Crippen molar-refractivity contribution in [2.24, 2.45) is 0 Å². The molecule has 0 radical (unpaired) electrons. The fourth-order valence-electron chi connectivity index (χ4n) is 4.50. The van der Waals surface area contributed by atoms with Crippen molar-refractivity contribution in [3.8, 4) is 0 Å². The highest BCUT2D eigenvalue weighted by molar-refractivity contribution is 7.99. The first-order valence-corrected chi connectivity index (χ1v) is 15.4. The predicted octanol–water partition coefficient (Wildman–Crippen LogP) is 6.02. The second-order valence-corrected chi connectivity index (χ2v) is 12.2. The summed E-state index contributed by atoms with van der Waals surface area (Å²) in [4.78, 5) is 12.5. The molecule has 0 bridgehead atoms. The van der Waals surface area contributed by atoms with E-state index in [1.165, 1.54) is 23.9 Å². The van der Waals surface area contributed by atoms with Gasteiger partial charge in [0.05, 0.1) is 29.3 Å². The van der Waals surface area contributed by atoms with Crippen LogP contribution in [0, 0.1) is 0 Å². The highest BCUT2D eigenvalue weighted by atomic mass is 32.2. The molecular formula is C31H29NO7S2. The van der Waals surface area contributed by atoms with Gasteiger partial charge in [-0.2, -0.15) is 0 Å². The van der Waals surface area contributed by atoms with Crippen LogP contribution < -0.4 is 4.72 Å². The lowest BCUT2D eigenvalue weighted by Crippen LogP contribution is -2.31. The first kappa shape index (κ1) is 28.8. The topological polar surface area (TPSA) is 122 Å². The van der Waals surface area contributed by atoms with Crippen molar-refractivity contribution in [2.75, 3.05) is 10.5 Å². The molecule has 4 aromatic rings. The number of hydrogen-bond acceptors (Lipinski definition) is 7. The van der Waals surface area contributed by atoms with Gasteiger partial charge in [0.25, 0.3) is 10.0 Å². The van der Waals surface area contributed by atoms with E-state index in [9.17, 15) is 23.4 Å². The number of hydrogen-bond donors (Lipinski definition) is 3. The molecule has 3 atom stereocenters. The van der Waals surface area contributed by atoms with Gasteiger partial charge in [-0.05, 0) is 47.5 Å². The number of benzene rings is 4. The summed E-state index contributed by atoms with van der Waals surface area (Å²) in [7, 11) is -3.73. The van der Waals surface area contributed by atoms with E-state index in [-0.39, 0.29) is 29.3 Å². The number of rotatable bonds is 10. The monoisotopic (exact) mass is 591 g/mol. The largest absolute Gasteiger partial charge is 0.478 e. The lowest BCUT2D eigenvalue weighted by atomic mass is 10.0. The molecule has 0 saturated carbocycles. The van der Waals surface area contributed by atoms with Crippen molar-refractivity contribution in [1.29, 1.82) is 0 Å². The van der Waals surface area contributed by atoms with Crippen LogP contribution in [0.1, 0.15) is 45.9 Å². The zero-order valence-electron chi connectivity index (χ0n) is 21.9. The number of aromatic carboxylic acids is 1. The maximum absolute atomic E-state index is 12.7. The first-order chi connectivity index (χ1) is 19.8. The van der Waals surface area contributed by atoms with Crippen LogP contribution in [0.2, 0.25) is 0 Å². The van der Waals surface area contributed by atoms with Gasteiger partial charge >= 0.3 is 5.97 Å². The lowest BCUT2D eigenvalue weighted by Gasteiger charge is -2.36. The molecule has 0 unspecified atom stereocenters. The summed E-state index contributed by atoms with van der Waals surface area (Å²) < 4.78 is 40.7. The standard InChI is InChI=1S/C31H29NO7S2/c33-19-21-10-12-22(13-11-21)28-18-25(20-40-29-9-5-4-8-27(29)30(34)35)38-31(39-28)23-14-16-24(17-15-23)32-41(36,37)26-6-2-1-3-7-26/h1-17,25,28,31-33H,18-20H2,(H,34,35)/t25-,28+,31+/m1/s1. The van der Waals surface area contributed by atoms with Crippen LogP contribution in [0.5, 0.6) is 0 Å². The van der Waals surface area contributed by atoms with Gasteiger partial charge < -0.3 is 19.7 Å². The average Bonchev–Trinajstić information content (AvgIpc) is 3.00. The number of carboxylic acids is 1. The number of carbonyl (C=O) groups is 1. The van der Waals surface area contributed by atoms with E-state index < -0.39 is 22.3 Å². The second kappa shape index (κ2) is 12.9. The van der Waals surface area contributed by atoms with Gasteiger partial charge in [0.1, 0.15) is 0 Å². The Bertz CT molecular complexity index is 1580. The Morgan fingerprint density at radius 2 is 1.51 bits per heavy atom. The van der Waals surface area contributed by atoms with Crippen LogP contribution in [0.15, 0.2) is 113 Å². The molecule has 5 rings (SSSR count). The molecule has 4 aromatic carbocycles. The van der Waals surface area contributed by atoms with Gasteiger partial charge in [0.2, 0.25) is 0 Å². The number of ether oxygens (including phenoxy) is 2. The molecule has 8 nitrogen and oxygen atoms in total. The van der Waals surface area contributed by atoms with Gasteiger partial charge in [-0.1, -0.05) is 66.7 Å². The maximum Gasteiger partial charge on any atom is 0.336 e. The minimum atomic E-state index is -3.73. The van der Waals surface area contributed by atoms with E-state index in [1.54, 1.807) is 60.7 Å². The molecule has 212 valence electrons. The highest BCUT2D eigenvalue weighted by Crippen LogP contribution is 2.40. The Kier molecular flexibility index (Phi) is 9.06. The first-order valence-electron chi connectivity index (χ1n) is 13.0. The Labute approximate surface area is 243 Å². The third-order valence-electron chi connectivity index (χ3n) is 6.65. The fraction of sp³-hybridized carbons (Fsp3) is 0.194. The molecular weight excluding hydrogens is 562 g/mol. The highest BCUT2D eigenvalue weighted by Gasteiger charge is 2.32. The van der Waals surface area contributed by atoms with E-state index in [0.717, 1.165) is 11.1 Å². The Balaban J connectivity index is 1.35. The van der Waals surface area contributed by atoms with Gasteiger partial charge in [-0.15, -0.1) is 11.8 Å². The minimum absolute atomic E-state index is 0.0554. The molecule has 1 aliphatic heterocycles. The third kappa shape index (κ3) is 7.16. The second-order valence-electron chi connectivity index (χ2n) is 9.50. The molecule has 0 amide bonds. The lowest BCUT2D eigenvalue weighted by molar-refractivity contribution is -0.245. The normalized spacial score (nSPS) is 19.0. The Hall–Kier alpha value is -3.67. The van der Waals surface area contributed by atoms with Crippen LogP contribution in [-0.4, -0.2) is 36.5 Å². The molecule has 1 saturated heterocycles. The summed E-state index contributed by atoms with van der Waals surface area (Å²) in [5, 5.41) is 19.0. The van der Waals surface area contributed by atoms with E-state index in [0.29, 0.717) is 28.3 Å². The molecule has 1 heterocycles. The minimum Gasteiger partial charge on any atom is -0.478 e. The number of anilines is 1. The predicted molar refractivity (Wildman–Crippen MR) is 156 cm³/mol. The van der Waals surface area contributed by atoms with E-state index in [1.807, 2.05) is 30.3 Å². The summed E-state index contributed by atoms with van der Waals surface area (Å²) in [6.07, 6.45) is -0.754. The number of aliphatic hydroxyl groups excluding tert-OH is 1. The van der Waals surface area contributed by atoms with Gasteiger partial charge in [-0.25, -0.2) is 13.2 Å². The van der Waals surface area contributed by atoms with E-state index in [4.69, 9.17) is 9.47 Å². The van der Waals surface area contributed by atoms with Crippen molar-refractivity contribution in [1.82, 2.24) is 0 Å². The van der Waals surface area contributed by atoms with Crippen LogP contribution in [0.25, 0.3) is 0 Å². The Morgan fingerprint density at radius 3 is 2.20 bits per heavy atom. The summed E-state index contributed by atoms with van der Waals surface area (Å²) in [5.74, 6) is -0.478.